The van der Waals surface area contributed by atoms with E-state index < -0.39 is 29.8 Å². The zero-order chi connectivity index (χ0) is 27.2. The number of nitrogens with zero attached hydrogens (tertiary/aromatic N) is 1. The second-order valence-electron chi connectivity index (χ2n) is 8.19. The monoisotopic (exact) mass is 575 g/mol. The highest BCUT2D eigenvalue weighted by Crippen LogP contribution is 2.35. The molecule has 4 rings (SSSR count). The highest BCUT2D eigenvalue weighted by molar-refractivity contribution is 6.35. The number of imidazole rings is 1. The molecule has 11 heteroatoms. The SMILES string of the molecule is COC(=O)C(Cc1cnc[nH]1)NC(=O)c1ccc(OC(c2ccc(Cl)cc2)c2ccc(Cl)cc2Cl)c(F)c1. The Morgan fingerprint density at radius 1 is 1.03 bits per heavy atom. The summed E-state index contributed by atoms with van der Waals surface area (Å²) in [5.41, 5.74) is 1.82. The molecule has 0 bridgehead atoms. The Labute approximate surface area is 232 Å². The second kappa shape index (κ2) is 12.3. The topological polar surface area (TPSA) is 93.3 Å². The van der Waals surface area contributed by atoms with Crippen molar-refractivity contribution in [2.75, 3.05) is 7.11 Å². The van der Waals surface area contributed by atoms with Crippen LogP contribution in [0, 0.1) is 5.82 Å². The van der Waals surface area contributed by atoms with Gasteiger partial charge in [0.2, 0.25) is 0 Å². The summed E-state index contributed by atoms with van der Waals surface area (Å²) in [6.07, 6.45) is 2.29. The summed E-state index contributed by atoms with van der Waals surface area (Å²) in [7, 11) is 1.21. The molecule has 7 nitrogen and oxygen atoms in total. The third kappa shape index (κ3) is 6.64. The van der Waals surface area contributed by atoms with E-state index in [1.807, 2.05) is 0 Å². The van der Waals surface area contributed by atoms with Crippen LogP contribution in [0.1, 0.15) is 33.3 Å². The Kier molecular flexibility index (Phi) is 8.89. The first kappa shape index (κ1) is 27.4. The van der Waals surface area contributed by atoms with Crippen LogP contribution >= 0.6 is 34.8 Å². The Morgan fingerprint density at radius 2 is 1.76 bits per heavy atom. The van der Waals surface area contributed by atoms with Crippen molar-refractivity contribution in [1.82, 2.24) is 15.3 Å². The molecule has 0 spiro atoms. The van der Waals surface area contributed by atoms with E-state index in [0.29, 0.717) is 31.9 Å². The predicted molar refractivity (Wildman–Crippen MR) is 142 cm³/mol. The molecule has 2 unspecified atom stereocenters. The molecule has 3 aromatic carbocycles. The number of benzene rings is 3. The molecule has 0 radical (unpaired) electrons. The van der Waals surface area contributed by atoms with E-state index in [2.05, 4.69) is 15.3 Å². The molecule has 0 fully saturated rings. The van der Waals surface area contributed by atoms with E-state index in [4.69, 9.17) is 44.3 Å². The number of esters is 1. The molecule has 0 saturated heterocycles. The molecule has 2 N–H and O–H groups in total. The van der Waals surface area contributed by atoms with E-state index in [0.717, 1.165) is 6.07 Å². The number of ether oxygens (including phenoxy) is 2. The molecule has 38 heavy (non-hydrogen) atoms. The number of aromatic nitrogens is 2. The van der Waals surface area contributed by atoms with E-state index >= 15 is 4.39 Å². The number of nitrogens with one attached hydrogen (secondary N) is 2. The summed E-state index contributed by atoms with van der Waals surface area (Å²) in [4.78, 5) is 31.8. The van der Waals surface area contributed by atoms with Crippen LogP contribution in [0.3, 0.4) is 0 Å². The van der Waals surface area contributed by atoms with Gasteiger partial charge in [-0.25, -0.2) is 14.2 Å². The first-order valence-corrected chi connectivity index (χ1v) is 12.4. The zero-order valence-corrected chi connectivity index (χ0v) is 22.1. The summed E-state index contributed by atoms with van der Waals surface area (Å²) >= 11 is 18.5. The molecule has 196 valence electrons. The molecule has 1 aromatic heterocycles. The molecule has 4 aromatic rings. The fraction of sp³-hybridized carbons (Fsp3) is 0.148. The lowest BCUT2D eigenvalue weighted by atomic mass is 10.0. The number of amides is 1. The van der Waals surface area contributed by atoms with Crippen LogP contribution in [0.2, 0.25) is 15.1 Å². The largest absolute Gasteiger partial charge is 0.478 e. The van der Waals surface area contributed by atoms with Crippen molar-refractivity contribution in [2.24, 2.45) is 0 Å². The maximum Gasteiger partial charge on any atom is 0.328 e. The molecule has 0 aliphatic carbocycles. The molecule has 2 atom stereocenters. The molecule has 0 aliphatic heterocycles. The summed E-state index contributed by atoms with van der Waals surface area (Å²) in [5.74, 6) is -2.22. The van der Waals surface area contributed by atoms with Crippen molar-refractivity contribution in [3.8, 4) is 5.75 Å². The number of H-pyrrole nitrogens is 1. The van der Waals surface area contributed by atoms with Gasteiger partial charge in [-0.2, -0.15) is 0 Å². The molecule has 0 saturated carbocycles. The maximum atomic E-state index is 15.2. The summed E-state index contributed by atoms with van der Waals surface area (Å²) in [5, 5.41) is 3.86. The summed E-state index contributed by atoms with van der Waals surface area (Å²) in [6, 6.07) is 14.5. The van der Waals surface area contributed by atoms with Gasteiger partial charge in [0.05, 0.1) is 13.4 Å². The van der Waals surface area contributed by atoms with Crippen LogP contribution in [-0.2, 0) is 16.0 Å². The van der Waals surface area contributed by atoms with Gasteiger partial charge in [0, 0.05) is 44.5 Å². The van der Waals surface area contributed by atoms with Crippen LogP contribution in [0.25, 0.3) is 0 Å². The first-order chi connectivity index (χ1) is 18.2. The van der Waals surface area contributed by atoms with Gasteiger partial charge in [-0.15, -0.1) is 0 Å². The third-order valence-corrected chi connectivity index (χ3v) is 6.44. The van der Waals surface area contributed by atoms with Crippen LogP contribution in [-0.4, -0.2) is 35.0 Å². The average molecular weight is 577 g/mol. The molecule has 1 heterocycles. The van der Waals surface area contributed by atoms with Crippen molar-refractivity contribution in [2.45, 2.75) is 18.6 Å². The van der Waals surface area contributed by atoms with Gasteiger partial charge in [0.1, 0.15) is 6.04 Å². The van der Waals surface area contributed by atoms with Crippen LogP contribution in [0.15, 0.2) is 73.2 Å². The molecular formula is C27H21Cl3FN3O4. The zero-order valence-electron chi connectivity index (χ0n) is 19.9. The Morgan fingerprint density at radius 3 is 2.39 bits per heavy atom. The van der Waals surface area contributed by atoms with E-state index in [-0.39, 0.29) is 17.7 Å². The number of rotatable bonds is 9. The molecular weight excluding hydrogens is 556 g/mol. The van der Waals surface area contributed by atoms with E-state index in [9.17, 15) is 9.59 Å². The van der Waals surface area contributed by atoms with Crippen molar-refractivity contribution in [1.29, 1.82) is 0 Å². The van der Waals surface area contributed by atoms with Gasteiger partial charge in [-0.1, -0.05) is 53.0 Å². The first-order valence-electron chi connectivity index (χ1n) is 11.3. The minimum Gasteiger partial charge on any atom is -0.478 e. The smallest absolute Gasteiger partial charge is 0.328 e. The minimum absolute atomic E-state index is 0.0130. The van der Waals surface area contributed by atoms with Crippen molar-refractivity contribution in [3.05, 3.63) is 116 Å². The van der Waals surface area contributed by atoms with Crippen molar-refractivity contribution >= 4 is 46.7 Å². The number of carbonyl (C=O) groups is 2. The quantitative estimate of drug-likeness (QED) is 0.232. The number of methoxy groups -OCH3 is 1. The van der Waals surface area contributed by atoms with Gasteiger partial charge >= 0.3 is 5.97 Å². The number of aromatic amines is 1. The van der Waals surface area contributed by atoms with Crippen LogP contribution in [0.4, 0.5) is 4.39 Å². The number of halogens is 4. The summed E-state index contributed by atoms with van der Waals surface area (Å²) < 4.78 is 26.1. The fourth-order valence-electron chi connectivity index (χ4n) is 3.72. The Bertz CT molecular complexity index is 1430. The van der Waals surface area contributed by atoms with Crippen molar-refractivity contribution in [3.63, 3.8) is 0 Å². The second-order valence-corrected chi connectivity index (χ2v) is 9.47. The Hall–Kier alpha value is -3.59. The van der Waals surface area contributed by atoms with Gasteiger partial charge < -0.3 is 19.8 Å². The van der Waals surface area contributed by atoms with Crippen LogP contribution in [0.5, 0.6) is 5.75 Å². The van der Waals surface area contributed by atoms with Gasteiger partial charge in [-0.05, 0) is 48.0 Å². The predicted octanol–water partition coefficient (Wildman–Crippen LogP) is 6.19. The number of hydrogen-bond donors (Lipinski definition) is 2. The number of carbonyl (C=O) groups excluding carboxylic acids is 2. The standard InChI is InChI=1S/C27H21Cl3FN3O4/c1-37-27(36)23(12-19-13-32-14-33-19)34-26(35)16-4-9-24(22(31)10-16)38-25(15-2-5-17(28)6-3-15)20-8-7-18(29)11-21(20)30/h2-11,13-14,23,25H,12H2,1H3,(H,32,33)(H,34,35). The molecule has 0 aliphatic rings. The van der Waals surface area contributed by atoms with E-state index in [1.165, 1.54) is 31.8 Å². The lowest BCUT2D eigenvalue weighted by molar-refractivity contribution is -0.142. The lowest BCUT2D eigenvalue weighted by Crippen LogP contribution is -2.43. The van der Waals surface area contributed by atoms with Gasteiger partial charge in [-0.3, -0.25) is 4.79 Å². The third-order valence-electron chi connectivity index (χ3n) is 5.63. The highest BCUT2D eigenvalue weighted by atomic mass is 35.5. The lowest BCUT2D eigenvalue weighted by Gasteiger charge is -2.22. The minimum atomic E-state index is -1.01. The Balaban J connectivity index is 1.58. The number of hydrogen-bond acceptors (Lipinski definition) is 5. The van der Waals surface area contributed by atoms with Gasteiger partial charge in [0.25, 0.3) is 5.91 Å². The maximum absolute atomic E-state index is 15.2. The fourth-order valence-corrected chi connectivity index (χ4v) is 4.35. The summed E-state index contributed by atoms with van der Waals surface area (Å²) in [6.45, 7) is 0. The van der Waals surface area contributed by atoms with Crippen molar-refractivity contribution < 1.29 is 23.5 Å². The van der Waals surface area contributed by atoms with E-state index in [1.54, 1.807) is 42.5 Å². The van der Waals surface area contributed by atoms with Crippen LogP contribution < -0.4 is 10.1 Å². The van der Waals surface area contributed by atoms with Gasteiger partial charge in [0.15, 0.2) is 17.7 Å². The normalized spacial score (nSPS) is 12.4. The average Bonchev–Trinajstić information content (AvgIpc) is 3.41. The highest BCUT2D eigenvalue weighted by Gasteiger charge is 2.25. The molecule has 1 amide bonds.